The Bertz CT molecular complexity index is 1190. The van der Waals surface area contributed by atoms with Crippen molar-refractivity contribution in [3.8, 4) is 11.5 Å². The van der Waals surface area contributed by atoms with Crippen LogP contribution in [0.5, 0.6) is 11.5 Å². The molecule has 3 rings (SSSR count). The number of nitrogens with zero attached hydrogens (tertiary/aromatic N) is 2. The van der Waals surface area contributed by atoms with Crippen LogP contribution in [0.2, 0.25) is 0 Å². The summed E-state index contributed by atoms with van der Waals surface area (Å²) in [4.78, 5) is 22.5. The highest BCUT2D eigenvalue weighted by atomic mass is 79.9. The zero-order chi connectivity index (χ0) is 23.8. The van der Waals surface area contributed by atoms with Gasteiger partial charge in [-0.1, -0.05) is 18.2 Å². The van der Waals surface area contributed by atoms with Crippen LogP contribution in [0, 0.1) is 15.9 Å². The van der Waals surface area contributed by atoms with Crippen molar-refractivity contribution < 1.29 is 23.6 Å². The number of hydrogen-bond donors (Lipinski definition) is 1. The van der Waals surface area contributed by atoms with Crippen molar-refractivity contribution in [3.05, 3.63) is 97.8 Å². The molecule has 10 heteroatoms. The lowest BCUT2D eigenvalue weighted by Gasteiger charge is -2.14. The number of halogens is 2. The molecule has 0 unspecified atom stereocenters. The SMILES string of the molecule is CCOc1cc(/C=N\NC(=O)c2cccc([N+](=O)[O-])c2)cc(Br)c1OCc1ccc(F)cc1. The number of nitrogens with one attached hydrogen (secondary N) is 1. The maximum Gasteiger partial charge on any atom is 0.271 e. The molecule has 0 heterocycles. The van der Waals surface area contributed by atoms with Crippen molar-refractivity contribution in [1.82, 2.24) is 5.43 Å². The highest BCUT2D eigenvalue weighted by Gasteiger charge is 2.13. The minimum atomic E-state index is -0.585. The number of non-ortho nitro benzene ring substituents is 1. The van der Waals surface area contributed by atoms with Crippen LogP contribution in [0.25, 0.3) is 0 Å². The smallest absolute Gasteiger partial charge is 0.271 e. The molecule has 1 amide bonds. The van der Waals surface area contributed by atoms with E-state index < -0.39 is 10.8 Å². The van der Waals surface area contributed by atoms with Crippen LogP contribution >= 0.6 is 15.9 Å². The van der Waals surface area contributed by atoms with Crippen molar-refractivity contribution in [2.75, 3.05) is 6.61 Å². The van der Waals surface area contributed by atoms with Crippen molar-refractivity contribution in [2.45, 2.75) is 13.5 Å². The lowest BCUT2D eigenvalue weighted by atomic mass is 10.2. The van der Waals surface area contributed by atoms with Gasteiger partial charge in [-0.05, 0) is 64.3 Å². The summed E-state index contributed by atoms with van der Waals surface area (Å²) in [7, 11) is 0. The molecule has 0 aromatic heterocycles. The Balaban J connectivity index is 1.72. The van der Waals surface area contributed by atoms with Crippen LogP contribution in [-0.4, -0.2) is 23.7 Å². The normalized spacial score (nSPS) is 10.8. The first-order valence-electron chi connectivity index (χ1n) is 9.79. The zero-order valence-electron chi connectivity index (χ0n) is 17.5. The second-order valence-electron chi connectivity index (χ2n) is 6.68. The number of benzene rings is 3. The summed E-state index contributed by atoms with van der Waals surface area (Å²) < 4.78 is 25.2. The topological polar surface area (TPSA) is 103 Å². The minimum absolute atomic E-state index is 0.113. The minimum Gasteiger partial charge on any atom is -0.490 e. The van der Waals surface area contributed by atoms with Gasteiger partial charge in [0.25, 0.3) is 11.6 Å². The van der Waals surface area contributed by atoms with Gasteiger partial charge in [-0.2, -0.15) is 5.10 Å². The van der Waals surface area contributed by atoms with Gasteiger partial charge in [0.15, 0.2) is 11.5 Å². The van der Waals surface area contributed by atoms with Gasteiger partial charge in [-0.25, -0.2) is 9.82 Å². The number of carbonyl (C=O) groups excluding carboxylic acids is 1. The quantitative estimate of drug-likeness (QED) is 0.238. The fraction of sp³-hybridized carbons (Fsp3) is 0.130. The van der Waals surface area contributed by atoms with Crippen LogP contribution in [0.4, 0.5) is 10.1 Å². The number of hydrogen-bond acceptors (Lipinski definition) is 6. The highest BCUT2D eigenvalue weighted by molar-refractivity contribution is 9.10. The third kappa shape index (κ3) is 6.59. The standard InChI is InChI=1S/C23H19BrFN3O5/c1-2-32-21-11-16(10-20(24)22(21)33-14-15-6-8-18(25)9-7-15)13-26-27-23(29)17-4-3-5-19(12-17)28(30)31/h3-13H,2,14H2,1H3,(H,27,29)/b26-13-. The van der Waals surface area contributed by atoms with Crippen LogP contribution in [0.3, 0.4) is 0 Å². The van der Waals surface area contributed by atoms with Gasteiger partial charge in [-0.3, -0.25) is 14.9 Å². The Morgan fingerprint density at radius 2 is 1.94 bits per heavy atom. The molecular weight excluding hydrogens is 497 g/mol. The number of hydrazone groups is 1. The molecule has 0 atom stereocenters. The Morgan fingerprint density at radius 3 is 2.64 bits per heavy atom. The number of nitro benzene ring substituents is 1. The van der Waals surface area contributed by atoms with E-state index in [0.29, 0.717) is 28.1 Å². The molecule has 1 N–H and O–H groups in total. The molecule has 0 aliphatic heterocycles. The Labute approximate surface area is 197 Å². The summed E-state index contributed by atoms with van der Waals surface area (Å²) in [6, 6.07) is 14.7. The molecule has 0 radical (unpaired) electrons. The molecular formula is C23H19BrFN3O5. The van der Waals surface area contributed by atoms with Crippen LogP contribution < -0.4 is 14.9 Å². The van der Waals surface area contributed by atoms with E-state index in [1.807, 2.05) is 6.92 Å². The van der Waals surface area contributed by atoms with E-state index in [4.69, 9.17) is 9.47 Å². The average molecular weight is 516 g/mol. The van der Waals surface area contributed by atoms with Gasteiger partial charge in [0.2, 0.25) is 0 Å². The summed E-state index contributed by atoms with van der Waals surface area (Å²) in [5.74, 6) is 0.0221. The van der Waals surface area contributed by atoms with E-state index in [9.17, 15) is 19.3 Å². The number of nitro groups is 1. The highest BCUT2D eigenvalue weighted by Crippen LogP contribution is 2.37. The second-order valence-corrected chi connectivity index (χ2v) is 7.54. The fourth-order valence-corrected chi connectivity index (χ4v) is 3.37. The van der Waals surface area contributed by atoms with Crippen molar-refractivity contribution >= 4 is 33.7 Å². The zero-order valence-corrected chi connectivity index (χ0v) is 19.0. The third-order valence-corrected chi connectivity index (χ3v) is 4.92. The fourth-order valence-electron chi connectivity index (χ4n) is 2.79. The Kier molecular flexibility index (Phi) is 8.09. The monoisotopic (exact) mass is 515 g/mol. The first kappa shape index (κ1) is 23.9. The summed E-state index contributed by atoms with van der Waals surface area (Å²) in [6.45, 7) is 2.44. The number of carbonyl (C=O) groups is 1. The molecule has 0 aliphatic carbocycles. The van der Waals surface area contributed by atoms with Crippen LogP contribution in [0.1, 0.15) is 28.4 Å². The van der Waals surface area contributed by atoms with Gasteiger partial charge >= 0.3 is 0 Å². The Morgan fingerprint density at radius 1 is 1.18 bits per heavy atom. The van der Waals surface area contributed by atoms with Crippen molar-refractivity contribution in [1.29, 1.82) is 0 Å². The van der Waals surface area contributed by atoms with Gasteiger partial charge in [0.1, 0.15) is 12.4 Å². The second kappa shape index (κ2) is 11.2. The number of ether oxygens (including phenoxy) is 2. The molecule has 0 fully saturated rings. The van der Waals surface area contributed by atoms with Crippen molar-refractivity contribution in [3.63, 3.8) is 0 Å². The number of rotatable bonds is 9. The first-order chi connectivity index (χ1) is 15.9. The molecule has 3 aromatic carbocycles. The molecule has 0 saturated carbocycles. The Hall–Kier alpha value is -3.79. The average Bonchev–Trinajstić information content (AvgIpc) is 2.80. The molecule has 8 nitrogen and oxygen atoms in total. The summed E-state index contributed by atoms with van der Waals surface area (Å²) in [5.41, 5.74) is 3.67. The lowest BCUT2D eigenvalue weighted by Crippen LogP contribution is -2.17. The van der Waals surface area contributed by atoms with Gasteiger partial charge in [0, 0.05) is 17.7 Å². The number of amides is 1. The molecule has 170 valence electrons. The largest absolute Gasteiger partial charge is 0.490 e. The van der Waals surface area contributed by atoms with E-state index in [1.165, 1.54) is 42.6 Å². The van der Waals surface area contributed by atoms with E-state index in [0.717, 1.165) is 5.56 Å². The van der Waals surface area contributed by atoms with E-state index in [-0.39, 0.29) is 23.7 Å². The molecule has 0 saturated heterocycles. The summed E-state index contributed by atoms with van der Waals surface area (Å²) in [5, 5.41) is 14.8. The molecule has 3 aromatic rings. The molecule has 0 bridgehead atoms. The van der Waals surface area contributed by atoms with Gasteiger partial charge < -0.3 is 9.47 Å². The predicted octanol–water partition coefficient (Wildman–Crippen LogP) is 5.24. The van der Waals surface area contributed by atoms with Crippen LogP contribution in [-0.2, 0) is 6.61 Å². The van der Waals surface area contributed by atoms with E-state index in [2.05, 4.69) is 26.5 Å². The molecule has 33 heavy (non-hydrogen) atoms. The van der Waals surface area contributed by atoms with Gasteiger partial charge in [0.05, 0.1) is 22.2 Å². The first-order valence-corrected chi connectivity index (χ1v) is 10.6. The molecule has 0 aliphatic rings. The van der Waals surface area contributed by atoms with Crippen LogP contribution in [0.15, 0.2) is 70.2 Å². The van der Waals surface area contributed by atoms with Gasteiger partial charge in [-0.15, -0.1) is 0 Å². The third-order valence-electron chi connectivity index (χ3n) is 4.33. The summed E-state index contributed by atoms with van der Waals surface area (Å²) in [6.07, 6.45) is 1.41. The van der Waals surface area contributed by atoms with E-state index >= 15 is 0 Å². The maximum absolute atomic E-state index is 13.1. The molecule has 0 spiro atoms. The lowest BCUT2D eigenvalue weighted by molar-refractivity contribution is -0.384. The summed E-state index contributed by atoms with van der Waals surface area (Å²) >= 11 is 3.45. The van der Waals surface area contributed by atoms with Crippen molar-refractivity contribution in [2.24, 2.45) is 5.10 Å². The maximum atomic E-state index is 13.1. The van der Waals surface area contributed by atoms with E-state index in [1.54, 1.807) is 24.3 Å². The predicted molar refractivity (Wildman–Crippen MR) is 124 cm³/mol.